The van der Waals surface area contributed by atoms with Gasteiger partial charge in [0.25, 0.3) is 11.5 Å². The lowest BCUT2D eigenvalue weighted by Gasteiger charge is -2.32. The molecule has 8 nitrogen and oxygen atoms in total. The molecule has 0 unspecified atom stereocenters. The predicted octanol–water partition coefficient (Wildman–Crippen LogP) is 2.79. The van der Waals surface area contributed by atoms with Crippen LogP contribution in [0.15, 0.2) is 27.9 Å². The predicted molar refractivity (Wildman–Crippen MR) is 118 cm³/mol. The van der Waals surface area contributed by atoms with Crippen LogP contribution >= 0.6 is 11.3 Å². The topological polar surface area (TPSA) is 97.4 Å². The number of carbonyl (C=O) groups excluding carboxylic acids is 2. The van der Waals surface area contributed by atoms with E-state index in [0.29, 0.717) is 43.6 Å². The number of aromatic nitrogens is 2. The maximum atomic E-state index is 12.8. The zero-order valence-electron chi connectivity index (χ0n) is 17.9. The van der Waals surface area contributed by atoms with Crippen LogP contribution in [0.4, 0.5) is 0 Å². The van der Waals surface area contributed by atoms with E-state index in [1.807, 2.05) is 20.8 Å². The Hall–Kier alpha value is -2.94. The Bertz CT molecular complexity index is 1180. The van der Waals surface area contributed by atoms with Crippen LogP contribution in [0, 0.1) is 20.8 Å². The number of nitrogens with one attached hydrogen (secondary N) is 1. The van der Waals surface area contributed by atoms with Crippen molar-refractivity contribution in [1.82, 2.24) is 19.8 Å². The summed E-state index contributed by atoms with van der Waals surface area (Å²) in [5.74, 6) is 0.135. The van der Waals surface area contributed by atoms with Crippen LogP contribution in [0.25, 0.3) is 10.2 Å². The molecule has 1 aliphatic heterocycles. The molecule has 0 radical (unpaired) electrons. The van der Waals surface area contributed by atoms with E-state index in [4.69, 9.17) is 4.42 Å². The quantitative estimate of drug-likeness (QED) is 0.655. The summed E-state index contributed by atoms with van der Waals surface area (Å²) in [5.41, 5.74) is 1.68. The molecule has 4 heterocycles. The van der Waals surface area contributed by atoms with E-state index in [-0.39, 0.29) is 29.8 Å². The first-order chi connectivity index (χ1) is 14.8. The van der Waals surface area contributed by atoms with Crippen LogP contribution in [-0.2, 0) is 11.3 Å². The first-order valence-corrected chi connectivity index (χ1v) is 11.2. The van der Waals surface area contributed by atoms with Gasteiger partial charge < -0.3 is 14.6 Å². The number of aryl methyl sites for hydroxylation is 4. The molecule has 2 amide bonds. The van der Waals surface area contributed by atoms with Gasteiger partial charge in [0.05, 0.1) is 18.0 Å². The van der Waals surface area contributed by atoms with Crippen molar-refractivity contribution in [2.75, 3.05) is 13.1 Å². The molecule has 0 saturated carbocycles. The van der Waals surface area contributed by atoms with Crippen molar-refractivity contribution >= 4 is 33.4 Å². The van der Waals surface area contributed by atoms with E-state index in [2.05, 4.69) is 10.3 Å². The standard InChI is InChI=1S/C22H26N4O4S/c1-13-7-11-30-19(13)20(28)24-16-4-8-25(9-5-16)17(27)6-10-26-12-23-21-18(22(26)29)14(2)15(3)31-21/h7,11-12,16H,4-6,8-10H2,1-3H3,(H,24,28). The van der Waals surface area contributed by atoms with Crippen molar-refractivity contribution < 1.29 is 14.0 Å². The van der Waals surface area contributed by atoms with Crippen LogP contribution in [0.3, 0.4) is 0 Å². The summed E-state index contributed by atoms with van der Waals surface area (Å²) < 4.78 is 6.76. The summed E-state index contributed by atoms with van der Waals surface area (Å²) in [6, 6.07) is 1.77. The molecular formula is C22H26N4O4S. The number of carbonyl (C=O) groups is 2. The van der Waals surface area contributed by atoms with Crippen LogP contribution < -0.4 is 10.9 Å². The van der Waals surface area contributed by atoms with Gasteiger partial charge in [0.2, 0.25) is 5.91 Å². The van der Waals surface area contributed by atoms with Gasteiger partial charge in [-0.05, 0) is 45.2 Å². The molecule has 3 aromatic rings. The second-order valence-corrected chi connectivity index (χ2v) is 9.22. The average Bonchev–Trinajstić information content (AvgIpc) is 3.31. The Morgan fingerprint density at radius 3 is 2.68 bits per heavy atom. The highest BCUT2D eigenvalue weighted by Crippen LogP contribution is 2.25. The molecule has 0 aromatic carbocycles. The van der Waals surface area contributed by atoms with Crippen LogP contribution in [0.2, 0.25) is 0 Å². The highest BCUT2D eigenvalue weighted by atomic mass is 32.1. The molecule has 1 N–H and O–H groups in total. The number of fused-ring (bicyclic) bond motifs is 1. The van der Waals surface area contributed by atoms with Crippen molar-refractivity contribution in [1.29, 1.82) is 0 Å². The maximum Gasteiger partial charge on any atom is 0.287 e. The monoisotopic (exact) mass is 442 g/mol. The third-order valence-electron chi connectivity index (χ3n) is 5.97. The maximum absolute atomic E-state index is 12.8. The summed E-state index contributed by atoms with van der Waals surface area (Å²) in [4.78, 5) is 45.8. The molecule has 1 saturated heterocycles. The average molecular weight is 443 g/mol. The van der Waals surface area contributed by atoms with Gasteiger partial charge in [0.1, 0.15) is 4.83 Å². The van der Waals surface area contributed by atoms with E-state index < -0.39 is 0 Å². The molecule has 0 spiro atoms. The minimum atomic E-state index is -0.214. The molecule has 9 heteroatoms. The normalized spacial score (nSPS) is 14.9. The number of furan rings is 1. The van der Waals surface area contributed by atoms with E-state index in [9.17, 15) is 14.4 Å². The highest BCUT2D eigenvalue weighted by molar-refractivity contribution is 7.18. The van der Waals surface area contributed by atoms with Gasteiger partial charge in [-0.3, -0.25) is 19.0 Å². The fraction of sp³-hybridized carbons (Fsp3) is 0.455. The first kappa shape index (κ1) is 21.3. The second kappa shape index (κ2) is 8.66. The van der Waals surface area contributed by atoms with Gasteiger partial charge in [0, 0.05) is 42.5 Å². The SMILES string of the molecule is Cc1ccoc1C(=O)NC1CCN(C(=O)CCn2cnc3sc(C)c(C)c3c2=O)CC1. The molecule has 0 bridgehead atoms. The summed E-state index contributed by atoms with van der Waals surface area (Å²) in [6.07, 6.45) is 4.67. The van der Waals surface area contributed by atoms with Gasteiger partial charge in [-0.2, -0.15) is 0 Å². The number of hydrogen-bond acceptors (Lipinski definition) is 6. The van der Waals surface area contributed by atoms with Crippen molar-refractivity contribution in [2.24, 2.45) is 0 Å². The Kier molecular flexibility index (Phi) is 5.95. The van der Waals surface area contributed by atoms with Crippen molar-refractivity contribution in [3.05, 3.63) is 50.8 Å². The lowest BCUT2D eigenvalue weighted by Crippen LogP contribution is -2.46. The summed E-state index contributed by atoms with van der Waals surface area (Å²) in [6.45, 7) is 7.22. The molecule has 164 valence electrons. The van der Waals surface area contributed by atoms with E-state index in [1.165, 1.54) is 28.5 Å². The molecule has 0 atom stereocenters. The summed E-state index contributed by atoms with van der Waals surface area (Å²) in [7, 11) is 0. The van der Waals surface area contributed by atoms with E-state index in [0.717, 1.165) is 20.8 Å². The fourth-order valence-corrected chi connectivity index (χ4v) is 4.92. The molecular weight excluding hydrogens is 416 g/mol. The van der Waals surface area contributed by atoms with Crippen molar-refractivity contribution in [2.45, 2.75) is 52.6 Å². The highest BCUT2D eigenvalue weighted by Gasteiger charge is 2.25. The molecule has 0 aliphatic carbocycles. The fourth-order valence-electron chi connectivity index (χ4n) is 3.93. The number of amides is 2. The third-order valence-corrected chi connectivity index (χ3v) is 7.09. The van der Waals surface area contributed by atoms with E-state index >= 15 is 0 Å². The molecule has 1 aliphatic rings. The Labute approximate surface area is 183 Å². The van der Waals surface area contributed by atoms with Gasteiger partial charge >= 0.3 is 0 Å². The molecule has 31 heavy (non-hydrogen) atoms. The lowest BCUT2D eigenvalue weighted by molar-refractivity contribution is -0.132. The van der Waals surface area contributed by atoms with Gasteiger partial charge in [0.15, 0.2) is 5.76 Å². The Morgan fingerprint density at radius 2 is 2.00 bits per heavy atom. The smallest absolute Gasteiger partial charge is 0.287 e. The second-order valence-electron chi connectivity index (χ2n) is 8.02. The summed E-state index contributed by atoms with van der Waals surface area (Å²) >= 11 is 1.52. The Balaban J connectivity index is 1.31. The lowest BCUT2D eigenvalue weighted by atomic mass is 10.0. The van der Waals surface area contributed by atoms with Gasteiger partial charge in [-0.15, -0.1) is 11.3 Å². The number of rotatable bonds is 5. The Morgan fingerprint density at radius 1 is 1.26 bits per heavy atom. The number of piperidine rings is 1. The third kappa shape index (κ3) is 4.27. The summed E-state index contributed by atoms with van der Waals surface area (Å²) in [5, 5.41) is 3.64. The van der Waals surface area contributed by atoms with Gasteiger partial charge in [-0.25, -0.2) is 4.98 Å². The minimum Gasteiger partial charge on any atom is -0.459 e. The minimum absolute atomic E-state index is 0.0110. The molecule has 1 fully saturated rings. The van der Waals surface area contributed by atoms with Crippen molar-refractivity contribution in [3.63, 3.8) is 0 Å². The van der Waals surface area contributed by atoms with Crippen LogP contribution in [0.1, 0.15) is 45.8 Å². The zero-order valence-corrected chi connectivity index (χ0v) is 18.8. The zero-order chi connectivity index (χ0) is 22.1. The first-order valence-electron chi connectivity index (χ1n) is 10.4. The number of thiophene rings is 1. The van der Waals surface area contributed by atoms with E-state index in [1.54, 1.807) is 11.0 Å². The molecule has 3 aromatic heterocycles. The molecule has 4 rings (SSSR count). The number of nitrogens with zero attached hydrogens (tertiary/aromatic N) is 3. The number of likely N-dealkylation sites (tertiary alicyclic amines) is 1. The largest absolute Gasteiger partial charge is 0.459 e. The van der Waals surface area contributed by atoms with Crippen molar-refractivity contribution in [3.8, 4) is 0 Å². The van der Waals surface area contributed by atoms with Crippen LogP contribution in [-0.4, -0.2) is 45.4 Å². The van der Waals surface area contributed by atoms with Gasteiger partial charge in [-0.1, -0.05) is 0 Å². The number of hydrogen-bond donors (Lipinski definition) is 1. The van der Waals surface area contributed by atoms with Crippen LogP contribution in [0.5, 0.6) is 0 Å².